The van der Waals surface area contributed by atoms with Gasteiger partial charge in [-0.3, -0.25) is 24.3 Å². The van der Waals surface area contributed by atoms with E-state index in [1.807, 2.05) is 27.7 Å². The van der Waals surface area contributed by atoms with Crippen molar-refractivity contribution in [1.29, 1.82) is 5.26 Å². The van der Waals surface area contributed by atoms with Crippen molar-refractivity contribution < 1.29 is 27.6 Å². The molecular formula is C31H37F3N6O3. The number of piperidine rings is 2. The molecule has 2 saturated heterocycles. The Morgan fingerprint density at radius 1 is 1.21 bits per heavy atom. The molecule has 4 aliphatic rings. The number of nitrogens with zero attached hydrogens (tertiary/aromatic N) is 4. The number of amidine groups is 1. The zero-order valence-corrected chi connectivity index (χ0v) is 25.0. The molecule has 0 bridgehead atoms. The third kappa shape index (κ3) is 5.61. The van der Waals surface area contributed by atoms with Crippen molar-refractivity contribution in [1.82, 2.24) is 15.1 Å². The molecule has 2 aliphatic heterocycles. The first-order valence-electron chi connectivity index (χ1n) is 14.6. The molecule has 1 aromatic rings. The SMILES string of the molecule is CCN1C(=O)C(NC(=O)c2cccc(C(F)(F)F)c2)C(C2CC2)/C(=C(/N)C(=O)N2C(C#N)CC3(C)CC23)C1=NC(C)(C)C. The van der Waals surface area contributed by atoms with E-state index in [0.717, 1.165) is 24.6 Å². The number of nitrogens with one attached hydrogen (secondary N) is 1. The number of carbonyl (C=O) groups is 3. The second kappa shape index (κ2) is 10.4. The third-order valence-corrected chi connectivity index (χ3v) is 8.89. The van der Waals surface area contributed by atoms with Gasteiger partial charge in [-0.05, 0) is 82.9 Å². The van der Waals surface area contributed by atoms with Crippen LogP contribution in [0, 0.1) is 28.6 Å². The van der Waals surface area contributed by atoms with Crippen LogP contribution in [0.1, 0.15) is 76.2 Å². The van der Waals surface area contributed by atoms with Crippen LogP contribution in [0.3, 0.4) is 0 Å². The summed E-state index contributed by atoms with van der Waals surface area (Å²) >= 11 is 0. The Hall–Kier alpha value is -3.88. The summed E-state index contributed by atoms with van der Waals surface area (Å²) in [5, 5.41) is 12.5. The molecule has 5 unspecified atom stereocenters. The molecule has 230 valence electrons. The fourth-order valence-electron chi connectivity index (χ4n) is 6.55. The van der Waals surface area contributed by atoms with Crippen LogP contribution >= 0.6 is 0 Å². The highest BCUT2D eigenvalue weighted by molar-refractivity contribution is 6.17. The first-order chi connectivity index (χ1) is 20.0. The number of aliphatic imine (C=N–C) groups is 1. The molecule has 0 aromatic heterocycles. The molecule has 2 heterocycles. The Kier molecular flexibility index (Phi) is 7.38. The predicted octanol–water partition coefficient (Wildman–Crippen LogP) is 4.00. The molecule has 1 aromatic carbocycles. The normalized spacial score (nSPS) is 31.0. The molecule has 2 aliphatic carbocycles. The van der Waals surface area contributed by atoms with Crippen molar-refractivity contribution in [2.24, 2.45) is 28.0 Å². The van der Waals surface area contributed by atoms with E-state index < -0.39 is 53.0 Å². The summed E-state index contributed by atoms with van der Waals surface area (Å²) in [5.74, 6) is -2.42. The van der Waals surface area contributed by atoms with Gasteiger partial charge in [0.2, 0.25) is 0 Å². The van der Waals surface area contributed by atoms with Crippen molar-refractivity contribution in [2.45, 2.75) is 90.1 Å². The van der Waals surface area contributed by atoms with Gasteiger partial charge in [0.25, 0.3) is 17.7 Å². The molecule has 3 N–H and O–H groups in total. The highest BCUT2D eigenvalue weighted by Crippen LogP contribution is 2.59. The van der Waals surface area contributed by atoms with Gasteiger partial charge < -0.3 is 16.0 Å². The summed E-state index contributed by atoms with van der Waals surface area (Å²) in [7, 11) is 0. The van der Waals surface area contributed by atoms with Crippen molar-refractivity contribution >= 4 is 23.6 Å². The second-order valence-electron chi connectivity index (χ2n) is 13.3. The maximum Gasteiger partial charge on any atom is 0.416 e. The minimum atomic E-state index is -4.65. The Bertz CT molecular complexity index is 1470. The molecule has 43 heavy (non-hydrogen) atoms. The van der Waals surface area contributed by atoms with E-state index in [0.29, 0.717) is 24.8 Å². The number of nitrogens with two attached hydrogens (primary N) is 1. The molecule has 5 atom stereocenters. The summed E-state index contributed by atoms with van der Waals surface area (Å²) in [4.78, 5) is 49.3. The summed E-state index contributed by atoms with van der Waals surface area (Å²) in [5.41, 5.74) is 4.91. The molecule has 2 saturated carbocycles. The van der Waals surface area contributed by atoms with E-state index in [9.17, 15) is 32.8 Å². The first kappa shape index (κ1) is 30.6. The maximum absolute atomic E-state index is 14.1. The van der Waals surface area contributed by atoms with Gasteiger partial charge in [0.05, 0.1) is 17.2 Å². The largest absolute Gasteiger partial charge is 0.416 e. The van der Waals surface area contributed by atoms with E-state index in [2.05, 4.69) is 11.4 Å². The lowest BCUT2D eigenvalue weighted by molar-refractivity contribution is -0.137. The van der Waals surface area contributed by atoms with Gasteiger partial charge >= 0.3 is 6.18 Å². The predicted molar refractivity (Wildman–Crippen MR) is 152 cm³/mol. The number of amides is 3. The fraction of sp³-hybridized carbons (Fsp3) is 0.581. The van der Waals surface area contributed by atoms with E-state index in [4.69, 9.17) is 10.7 Å². The summed E-state index contributed by atoms with van der Waals surface area (Å²) in [6.45, 7) is 9.47. The summed E-state index contributed by atoms with van der Waals surface area (Å²) in [6, 6.07) is 4.29. The lowest BCUT2D eigenvalue weighted by Gasteiger charge is -2.42. The van der Waals surface area contributed by atoms with Crippen LogP contribution < -0.4 is 11.1 Å². The van der Waals surface area contributed by atoms with E-state index in [1.165, 1.54) is 11.0 Å². The quantitative estimate of drug-likeness (QED) is 0.495. The number of likely N-dealkylation sites (N-methyl/N-ethyl adjacent to an activating group) is 1. The molecule has 9 nitrogen and oxygen atoms in total. The van der Waals surface area contributed by atoms with Crippen LogP contribution in [-0.4, -0.2) is 63.6 Å². The van der Waals surface area contributed by atoms with Gasteiger partial charge in [0.15, 0.2) is 0 Å². The highest BCUT2D eigenvalue weighted by Gasteiger charge is 2.64. The maximum atomic E-state index is 14.1. The Morgan fingerprint density at radius 2 is 1.88 bits per heavy atom. The van der Waals surface area contributed by atoms with Crippen LogP contribution in [0.15, 0.2) is 40.5 Å². The van der Waals surface area contributed by atoms with Gasteiger partial charge in [0, 0.05) is 29.6 Å². The van der Waals surface area contributed by atoms with Crippen molar-refractivity contribution in [3.63, 3.8) is 0 Å². The van der Waals surface area contributed by atoms with Crippen LogP contribution in [0.4, 0.5) is 13.2 Å². The van der Waals surface area contributed by atoms with E-state index in [1.54, 1.807) is 11.8 Å². The van der Waals surface area contributed by atoms with Crippen LogP contribution in [-0.2, 0) is 15.8 Å². The second-order valence-corrected chi connectivity index (χ2v) is 13.3. The molecule has 3 amide bonds. The highest BCUT2D eigenvalue weighted by atomic mass is 19.4. The van der Waals surface area contributed by atoms with Gasteiger partial charge in [0.1, 0.15) is 23.6 Å². The topological polar surface area (TPSA) is 132 Å². The number of carbonyl (C=O) groups excluding carboxylic acids is 3. The van der Waals surface area contributed by atoms with Crippen molar-refractivity contribution in [3.8, 4) is 6.07 Å². The summed E-state index contributed by atoms with van der Waals surface area (Å²) in [6.07, 6.45) is -1.92. The Labute approximate surface area is 249 Å². The number of fused-ring (bicyclic) bond motifs is 1. The van der Waals surface area contributed by atoms with Crippen molar-refractivity contribution in [3.05, 3.63) is 46.7 Å². The lowest BCUT2D eigenvalue weighted by atomic mass is 9.79. The smallest absolute Gasteiger partial charge is 0.394 e. The number of hydrogen-bond acceptors (Lipinski definition) is 6. The average molecular weight is 599 g/mol. The first-order valence-corrected chi connectivity index (χ1v) is 14.6. The molecule has 12 heteroatoms. The Morgan fingerprint density at radius 3 is 2.44 bits per heavy atom. The fourth-order valence-corrected chi connectivity index (χ4v) is 6.55. The number of alkyl halides is 3. The van der Waals surface area contributed by atoms with Crippen LogP contribution in [0.5, 0.6) is 0 Å². The van der Waals surface area contributed by atoms with Gasteiger partial charge in [-0.25, -0.2) is 0 Å². The number of likely N-dealkylation sites (tertiary alicyclic amines) is 2. The zero-order chi connectivity index (χ0) is 31.6. The number of benzene rings is 1. The Balaban J connectivity index is 1.61. The zero-order valence-electron chi connectivity index (χ0n) is 25.0. The van der Waals surface area contributed by atoms with Crippen LogP contribution in [0.2, 0.25) is 0 Å². The van der Waals surface area contributed by atoms with E-state index in [-0.39, 0.29) is 41.0 Å². The molecule has 4 fully saturated rings. The monoisotopic (exact) mass is 598 g/mol. The molecular weight excluding hydrogens is 561 g/mol. The van der Waals surface area contributed by atoms with Gasteiger partial charge in [-0.15, -0.1) is 0 Å². The molecule has 0 spiro atoms. The minimum Gasteiger partial charge on any atom is -0.394 e. The average Bonchev–Trinajstić information content (AvgIpc) is 3.85. The standard InChI is InChI=1S/C31H37F3N6O3/c1-6-39-25(38-29(2,3)4)22(23(36)27(42)40-19(15-35)13-30(5)14-20(30)40)21(16-10-11-16)24(28(39)43)37-26(41)17-8-7-9-18(12-17)31(32,33)34/h7-9,12,16,19-21,24H,6,10-11,13-14,36H2,1-5H3,(H,37,41)/b23-22-,38-25?. The van der Waals surface area contributed by atoms with E-state index >= 15 is 0 Å². The minimum absolute atomic E-state index is 0.113. The number of rotatable bonds is 5. The lowest BCUT2D eigenvalue weighted by Crippen LogP contribution is -2.61. The number of halogens is 3. The van der Waals surface area contributed by atoms with Gasteiger partial charge in [-0.1, -0.05) is 13.0 Å². The molecule has 0 radical (unpaired) electrons. The van der Waals surface area contributed by atoms with Gasteiger partial charge in [-0.2, -0.15) is 18.4 Å². The summed E-state index contributed by atoms with van der Waals surface area (Å²) < 4.78 is 40.1. The molecule has 5 rings (SSSR count). The van der Waals surface area contributed by atoms with Crippen LogP contribution in [0.25, 0.3) is 0 Å². The van der Waals surface area contributed by atoms with Crippen molar-refractivity contribution in [2.75, 3.05) is 6.54 Å². The number of hydrogen-bond donors (Lipinski definition) is 2. The third-order valence-electron chi connectivity index (χ3n) is 8.89. The number of nitriles is 1.